The van der Waals surface area contributed by atoms with Crippen molar-refractivity contribution in [2.45, 2.75) is 49.0 Å². The molecule has 0 amide bonds. The van der Waals surface area contributed by atoms with Crippen LogP contribution in [0.3, 0.4) is 0 Å². The highest BCUT2D eigenvalue weighted by molar-refractivity contribution is 8.07. The Balaban J connectivity index is 1.60. The number of nitrogens with zero attached hydrogens (tertiary/aromatic N) is 4. The van der Waals surface area contributed by atoms with Crippen LogP contribution < -0.4 is 27.2 Å². The Hall–Kier alpha value is -3.34. The first-order valence-electron chi connectivity index (χ1n) is 11.2. The normalized spacial score (nSPS) is 19.7. The number of thioether (sulfide) groups is 1. The van der Waals surface area contributed by atoms with Gasteiger partial charge in [0.1, 0.15) is 16.4 Å². The second-order valence-electron chi connectivity index (χ2n) is 8.60. The molecule has 0 bridgehead atoms. The summed E-state index contributed by atoms with van der Waals surface area (Å²) in [6, 6.07) is 11.8. The van der Waals surface area contributed by atoms with E-state index in [1.54, 1.807) is 7.05 Å². The molecule has 35 heavy (non-hydrogen) atoms. The summed E-state index contributed by atoms with van der Waals surface area (Å²) >= 11 is 1.30. The quantitative estimate of drug-likeness (QED) is 0.527. The average Bonchev–Trinajstić information content (AvgIpc) is 3.43. The fraction of sp³-hybridized carbons (Fsp3) is 0.333. The maximum Gasteiger partial charge on any atom is 0.433 e. The number of hydrogen-bond acceptors (Lipinski definition) is 6. The van der Waals surface area contributed by atoms with Crippen LogP contribution in [0.25, 0.3) is 5.03 Å². The fourth-order valence-corrected chi connectivity index (χ4v) is 5.55. The minimum absolute atomic E-state index is 0.0603. The highest BCUT2D eigenvalue weighted by Gasteiger charge is 2.35. The molecule has 2 atom stereocenters. The molecule has 1 fully saturated rings. The van der Waals surface area contributed by atoms with Crippen LogP contribution >= 0.6 is 11.8 Å². The van der Waals surface area contributed by atoms with Crippen LogP contribution in [0, 0.1) is 5.41 Å². The van der Waals surface area contributed by atoms with Crippen LogP contribution in [0.1, 0.15) is 36.6 Å². The van der Waals surface area contributed by atoms with Gasteiger partial charge < -0.3 is 5.32 Å². The number of halogens is 3. The zero-order valence-corrected chi connectivity index (χ0v) is 19.7. The van der Waals surface area contributed by atoms with E-state index in [0.717, 1.165) is 30.2 Å². The molecule has 182 valence electrons. The van der Waals surface area contributed by atoms with E-state index in [9.17, 15) is 18.0 Å². The second kappa shape index (κ2) is 9.03. The molecule has 2 N–H and O–H groups in total. The van der Waals surface area contributed by atoms with Gasteiger partial charge in [-0.15, -0.1) is 0 Å². The third kappa shape index (κ3) is 4.40. The van der Waals surface area contributed by atoms with E-state index in [0.29, 0.717) is 16.2 Å². The molecule has 0 saturated heterocycles. The Morgan fingerprint density at radius 2 is 1.97 bits per heavy atom. The van der Waals surface area contributed by atoms with Crippen LogP contribution in [-0.2, 0) is 19.8 Å². The molecule has 0 radical (unpaired) electrons. The highest BCUT2D eigenvalue weighted by atomic mass is 32.2. The summed E-state index contributed by atoms with van der Waals surface area (Å²) in [4.78, 5) is 22.5. The third-order valence-corrected chi connectivity index (χ3v) is 7.39. The third-order valence-electron chi connectivity index (χ3n) is 6.33. The maximum atomic E-state index is 13.4. The summed E-state index contributed by atoms with van der Waals surface area (Å²) in [5, 5.41) is 12.8. The Labute approximate surface area is 202 Å². The van der Waals surface area contributed by atoms with Gasteiger partial charge in [-0.2, -0.15) is 13.2 Å². The Morgan fingerprint density at radius 1 is 1.20 bits per heavy atom. The monoisotopic (exact) mass is 500 g/mol. The van der Waals surface area contributed by atoms with Gasteiger partial charge in [-0.05, 0) is 43.0 Å². The molecule has 0 spiro atoms. The van der Waals surface area contributed by atoms with Gasteiger partial charge in [-0.3, -0.25) is 24.3 Å². The lowest BCUT2D eigenvalue weighted by Gasteiger charge is -2.16. The molecule has 3 heterocycles. The lowest BCUT2D eigenvalue weighted by molar-refractivity contribution is -0.141. The van der Waals surface area contributed by atoms with E-state index in [1.165, 1.54) is 28.6 Å². The Bertz CT molecular complexity index is 1500. The van der Waals surface area contributed by atoms with Crippen LogP contribution in [-0.4, -0.2) is 20.2 Å². The van der Waals surface area contributed by atoms with E-state index in [2.05, 4.69) is 10.3 Å². The summed E-state index contributed by atoms with van der Waals surface area (Å²) < 4.78 is 42.0. The zero-order chi connectivity index (χ0) is 24.7. The van der Waals surface area contributed by atoms with Gasteiger partial charge >= 0.3 is 6.18 Å². The van der Waals surface area contributed by atoms with Crippen LogP contribution in [0.4, 0.5) is 13.2 Å². The van der Waals surface area contributed by atoms with Crippen molar-refractivity contribution in [1.82, 2.24) is 19.4 Å². The number of nitrogens with one attached hydrogen (secondary N) is 2. The van der Waals surface area contributed by atoms with Gasteiger partial charge in [0, 0.05) is 24.7 Å². The standard InChI is InChI=1S/C24H23F3N6OS/c1-32-22(34)19(20(28)33-17-9-5-8-16(17)31-23(32)33)21(35-15-6-3-2-4-7-15)30-13-14-10-11-18(29-12-14)24(25,26)27/h2-4,6-7,10-12,16-17,28,30H,5,8-9,13H2,1H3/b21-19-,28-20?/t16-,17+/m1/s1. The maximum absolute atomic E-state index is 13.4. The van der Waals surface area contributed by atoms with Crippen molar-refractivity contribution >= 4 is 16.8 Å². The van der Waals surface area contributed by atoms with Gasteiger partial charge in [-0.25, -0.2) is 4.99 Å². The van der Waals surface area contributed by atoms with Gasteiger partial charge in [-0.1, -0.05) is 36.0 Å². The molecule has 3 aromatic rings. The first kappa shape index (κ1) is 23.4. The summed E-state index contributed by atoms with van der Waals surface area (Å²) in [6.07, 6.45) is -0.480. The molecular formula is C24H23F3N6OS. The number of hydrogen-bond donors (Lipinski definition) is 2. The fourth-order valence-electron chi connectivity index (χ4n) is 4.59. The predicted octanol–water partition coefficient (Wildman–Crippen LogP) is 2.45. The summed E-state index contributed by atoms with van der Waals surface area (Å²) in [5.41, 5.74) is -0.183. The smallest absolute Gasteiger partial charge is 0.375 e. The minimum atomic E-state index is -4.51. The zero-order valence-electron chi connectivity index (χ0n) is 18.8. The van der Waals surface area contributed by atoms with E-state index >= 15 is 0 Å². The molecule has 1 aliphatic carbocycles. The van der Waals surface area contributed by atoms with Crippen LogP contribution in [0.5, 0.6) is 0 Å². The average molecular weight is 501 g/mol. The van der Waals surface area contributed by atoms with Crippen molar-refractivity contribution in [3.8, 4) is 0 Å². The van der Waals surface area contributed by atoms with Crippen molar-refractivity contribution in [3.63, 3.8) is 0 Å². The molecule has 1 aromatic carbocycles. The number of alkyl halides is 3. The van der Waals surface area contributed by atoms with Gasteiger partial charge in [0.05, 0.1) is 17.1 Å². The van der Waals surface area contributed by atoms with E-state index < -0.39 is 11.9 Å². The lowest BCUT2D eigenvalue weighted by atomic mass is 10.2. The molecule has 1 saturated carbocycles. The number of benzene rings is 1. The summed E-state index contributed by atoms with van der Waals surface area (Å²) in [7, 11) is 1.66. The van der Waals surface area contributed by atoms with Crippen molar-refractivity contribution in [1.29, 1.82) is 5.41 Å². The first-order chi connectivity index (χ1) is 16.7. The lowest BCUT2D eigenvalue weighted by Crippen LogP contribution is -2.58. The summed E-state index contributed by atoms with van der Waals surface area (Å²) in [6.45, 7) is 0.140. The molecule has 2 aliphatic rings. The van der Waals surface area contributed by atoms with Gasteiger partial charge in [0.2, 0.25) is 5.62 Å². The second-order valence-corrected chi connectivity index (χ2v) is 9.68. The topological polar surface area (TPSA) is 88.1 Å². The van der Waals surface area contributed by atoms with Crippen molar-refractivity contribution < 1.29 is 13.2 Å². The molecule has 11 heteroatoms. The van der Waals surface area contributed by atoms with Gasteiger partial charge in [0.25, 0.3) is 5.56 Å². The molecule has 0 unspecified atom stereocenters. The number of aromatic nitrogens is 3. The largest absolute Gasteiger partial charge is 0.433 e. The number of rotatable bonds is 5. The van der Waals surface area contributed by atoms with E-state index in [-0.39, 0.29) is 34.9 Å². The van der Waals surface area contributed by atoms with E-state index in [1.807, 2.05) is 34.9 Å². The molecular weight excluding hydrogens is 477 g/mol. The van der Waals surface area contributed by atoms with Crippen molar-refractivity contribution in [2.24, 2.45) is 12.0 Å². The molecule has 1 aliphatic heterocycles. The summed E-state index contributed by atoms with van der Waals surface area (Å²) in [5.74, 6) is 0. The SMILES string of the molecule is Cn1c(=O)/c(=C(/NCc2ccc(C(F)(F)F)nc2)Sc2ccccc2)c(=N)n2c1=N[C@@H]1CCC[C@@H]12. The molecule has 2 aromatic heterocycles. The van der Waals surface area contributed by atoms with E-state index in [4.69, 9.17) is 10.4 Å². The van der Waals surface area contributed by atoms with Gasteiger partial charge in [0.15, 0.2) is 0 Å². The van der Waals surface area contributed by atoms with Crippen molar-refractivity contribution in [2.75, 3.05) is 0 Å². The first-order valence-corrected chi connectivity index (χ1v) is 12.0. The number of fused-ring (bicyclic) bond motifs is 3. The Kier molecular flexibility index (Phi) is 6.04. The highest BCUT2D eigenvalue weighted by Crippen LogP contribution is 2.32. The Morgan fingerprint density at radius 3 is 2.66 bits per heavy atom. The molecule has 7 nitrogen and oxygen atoms in total. The van der Waals surface area contributed by atoms with Crippen LogP contribution in [0.2, 0.25) is 0 Å². The van der Waals surface area contributed by atoms with Crippen molar-refractivity contribution in [3.05, 3.63) is 86.6 Å². The molecule has 5 rings (SSSR count). The van der Waals surface area contributed by atoms with Crippen LogP contribution in [0.15, 0.2) is 63.3 Å². The number of pyridine rings is 1. The minimum Gasteiger partial charge on any atom is -0.375 e. The predicted molar refractivity (Wildman–Crippen MR) is 125 cm³/mol.